The van der Waals surface area contributed by atoms with Crippen molar-refractivity contribution < 1.29 is 14.3 Å². The highest BCUT2D eigenvalue weighted by molar-refractivity contribution is 9.10. The number of nitrogens with zero attached hydrogens (tertiary/aromatic N) is 1. The first-order valence-corrected chi connectivity index (χ1v) is 7.06. The summed E-state index contributed by atoms with van der Waals surface area (Å²) in [4.78, 5) is 14.0. The van der Waals surface area contributed by atoms with Crippen LogP contribution in [0.25, 0.3) is 0 Å². The molecule has 0 atom stereocenters. The molecule has 0 fully saturated rings. The summed E-state index contributed by atoms with van der Waals surface area (Å²) in [6.45, 7) is -0.164. The molecule has 0 aliphatic rings. The van der Waals surface area contributed by atoms with Crippen molar-refractivity contribution in [3.05, 3.63) is 58.3 Å². The van der Waals surface area contributed by atoms with E-state index >= 15 is 0 Å². The Morgan fingerprint density at radius 3 is 2.62 bits per heavy atom. The van der Waals surface area contributed by atoms with Crippen LogP contribution in [-0.2, 0) is 0 Å². The topological polar surface area (TPSA) is 66.6 Å². The van der Waals surface area contributed by atoms with Crippen molar-refractivity contribution in [2.24, 2.45) is 0 Å². The fourth-order valence-corrected chi connectivity index (χ4v) is 2.41. The van der Waals surface area contributed by atoms with Crippen molar-refractivity contribution in [3.63, 3.8) is 0 Å². The fraction of sp³-hybridized carbons (Fsp3) is 0.133. The number of anilines is 2. The number of aliphatic hydroxyl groups excluding tert-OH is 1. The third-order valence-corrected chi connectivity index (χ3v) is 3.78. The maximum Gasteiger partial charge on any atom is 0.259 e. The van der Waals surface area contributed by atoms with E-state index in [1.807, 2.05) is 0 Å². The molecule has 0 radical (unpaired) electrons. The second-order valence-electron chi connectivity index (χ2n) is 4.34. The lowest BCUT2D eigenvalue weighted by Gasteiger charge is -2.24. The number of carbonyl (C=O) groups is 1. The lowest BCUT2D eigenvalue weighted by atomic mass is 10.1. The highest BCUT2D eigenvalue weighted by Gasteiger charge is 2.22. The quantitative estimate of drug-likeness (QED) is 0.831. The first kappa shape index (κ1) is 15.5. The predicted octanol–water partition coefficient (Wildman–Crippen LogP) is 2.81. The van der Waals surface area contributed by atoms with Crippen LogP contribution in [0.15, 0.2) is 46.9 Å². The number of nitrogens with two attached hydrogens (primary N) is 1. The van der Waals surface area contributed by atoms with Gasteiger partial charge in [0.1, 0.15) is 5.82 Å². The zero-order valence-electron chi connectivity index (χ0n) is 11.1. The van der Waals surface area contributed by atoms with Crippen LogP contribution in [0.4, 0.5) is 15.8 Å². The number of hydrogen-bond acceptors (Lipinski definition) is 3. The van der Waals surface area contributed by atoms with E-state index in [1.165, 1.54) is 23.1 Å². The van der Waals surface area contributed by atoms with Crippen LogP contribution in [0, 0.1) is 5.82 Å². The second kappa shape index (κ2) is 6.69. The van der Waals surface area contributed by atoms with Crippen LogP contribution in [0.5, 0.6) is 0 Å². The molecule has 6 heteroatoms. The van der Waals surface area contributed by atoms with Gasteiger partial charge in [-0.05, 0) is 40.2 Å². The Hall–Kier alpha value is -1.92. The molecule has 2 aromatic rings. The van der Waals surface area contributed by atoms with Gasteiger partial charge >= 0.3 is 0 Å². The zero-order chi connectivity index (χ0) is 15.4. The molecule has 0 bridgehead atoms. The van der Waals surface area contributed by atoms with E-state index in [4.69, 9.17) is 5.73 Å². The number of halogens is 2. The number of carbonyl (C=O) groups excluding carboxylic acids is 1. The molecule has 3 N–H and O–H groups in total. The summed E-state index contributed by atoms with van der Waals surface area (Å²) in [6, 6.07) is 11.1. The smallest absolute Gasteiger partial charge is 0.259 e. The summed E-state index contributed by atoms with van der Waals surface area (Å²) >= 11 is 3.08. The lowest BCUT2D eigenvalue weighted by Crippen LogP contribution is -2.34. The SMILES string of the molecule is Nc1ccccc1N(CCO)C(=O)c1cccc(F)c1Br. The van der Waals surface area contributed by atoms with Gasteiger partial charge in [-0.3, -0.25) is 4.79 Å². The highest BCUT2D eigenvalue weighted by atomic mass is 79.9. The summed E-state index contributed by atoms with van der Waals surface area (Å²) < 4.78 is 13.7. The highest BCUT2D eigenvalue weighted by Crippen LogP contribution is 2.27. The van der Waals surface area contributed by atoms with E-state index in [0.29, 0.717) is 11.4 Å². The van der Waals surface area contributed by atoms with Crippen molar-refractivity contribution in [1.82, 2.24) is 0 Å². The summed E-state index contributed by atoms with van der Waals surface area (Å²) in [5.41, 5.74) is 6.94. The average Bonchev–Trinajstić information content (AvgIpc) is 2.48. The number of rotatable bonds is 4. The summed E-state index contributed by atoms with van der Waals surface area (Å²) in [6.07, 6.45) is 0. The summed E-state index contributed by atoms with van der Waals surface area (Å²) in [7, 11) is 0. The fourth-order valence-electron chi connectivity index (χ4n) is 1.98. The van der Waals surface area contributed by atoms with Gasteiger partial charge in [-0.15, -0.1) is 0 Å². The van der Waals surface area contributed by atoms with E-state index in [0.717, 1.165) is 0 Å². The third kappa shape index (κ3) is 3.22. The van der Waals surface area contributed by atoms with Gasteiger partial charge in [0.15, 0.2) is 0 Å². The number of nitrogen functional groups attached to an aromatic ring is 1. The molecule has 21 heavy (non-hydrogen) atoms. The van der Waals surface area contributed by atoms with Gasteiger partial charge in [0.25, 0.3) is 5.91 Å². The minimum Gasteiger partial charge on any atom is -0.397 e. The molecule has 0 spiro atoms. The van der Waals surface area contributed by atoms with Crippen molar-refractivity contribution >= 4 is 33.2 Å². The molecule has 2 rings (SSSR count). The Bertz CT molecular complexity index is 664. The predicted molar refractivity (Wildman–Crippen MR) is 83.7 cm³/mol. The minimum atomic E-state index is -0.522. The molecule has 110 valence electrons. The van der Waals surface area contributed by atoms with Crippen molar-refractivity contribution in [1.29, 1.82) is 0 Å². The van der Waals surface area contributed by atoms with Gasteiger partial charge in [0.05, 0.1) is 28.0 Å². The Morgan fingerprint density at radius 1 is 1.24 bits per heavy atom. The Balaban J connectivity index is 2.46. The molecule has 0 unspecified atom stereocenters. The van der Waals surface area contributed by atoms with Crippen LogP contribution in [0.2, 0.25) is 0 Å². The van der Waals surface area contributed by atoms with Crippen molar-refractivity contribution in [2.75, 3.05) is 23.8 Å². The number of amides is 1. The molecular formula is C15H14BrFN2O2. The second-order valence-corrected chi connectivity index (χ2v) is 5.13. The molecule has 1 amide bonds. The molecule has 4 nitrogen and oxygen atoms in total. The maximum atomic E-state index is 13.6. The van der Waals surface area contributed by atoms with Crippen LogP contribution in [0.3, 0.4) is 0 Å². The first-order valence-electron chi connectivity index (χ1n) is 6.27. The van der Waals surface area contributed by atoms with E-state index in [9.17, 15) is 14.3 Å². The van der Waals surface area contributed by atoms with E-state index < -0.39 is 11.7 Å². The van der Waals surface area contributed by atoms with E-state index in [2.05, 4.69) is 15.9 Å². The van der Waals surface area contributed by atoms with Crippen molar-refractivity contribution in [2.45, 2.75) is 0 Å². The number of hydrogen-bond donors (Lipinski definition) is 2. The molecular weight excluding hydrogens is 339 g/mol. The van der Waals surface area contributed by atoms with Gasteiger partial charge in [0, 0.05) is 6.54 Å². The van der Waals surface area contributed by atoms with Gasteiger partial charge in [0.2, 0.25) is 0 Å². The number of aliphatic hydroxyl groups is 1. The largest absolute Gasteiger partial charge is 0.397 e. The molecule has 0 aromatic heterocycles. The summed E-state index contributed by atoms with van der Waals surface area (Å²) in [5.74, 6) is -0.959. The molecule has 0 aliphatic carbocycles. The number of benzene rings is 2. The Labute approximate surface area is 130 Å². The van der Waals surface area contributed by atoms with E-state index in [-0.39, 0.29) is 23.2 Å². The normalized spacial score (nSPS) is 10.4. The summed E-state index contributed by atoms with van der Waals surface area (Å²) in [5, 5.41) is 9.19. The Morgan fingerprint density at radius 2 is 1.95 bits per heavy atom. The molecule has 0 heterocycles. The lowest BCUT2D eigenvalue weighted by molar-refractivity contribution is 0.0980. The van der Waals surface area contributed by atoms with Gasteiger partial charge in [-0.2, -0.15) is 0 Å². The monoisotopic (exact) mass is 352 g/mol. The van der Waals surface area contributed by atoms with Crippen LogP contribution < -0.4 is 10.6 Å². The molecule has 0 saturated carbocycles. The molecule has 2 aromatic carbocycles. The van der Waals surface area contributed by atoms with Crippen LogP contribution >= 0.6 is 15.9 Å². The van der Waals surface area contributed by atoms with Gasteiger partial charge < -0.3 is 15.7 Å². The van der Waals surface area contributed by atoms with Crippen LogP contribution in [0.1, 0.15) is 10.4 Å². The van der Waals surface area contributed by atoms with Gasteiger partial charge in [-0.25, -0.2) is 4.39 Å². The van der Waals surface area contributed by atoms with Crippen molar-refractivity contribution in [3.8, 4) is 0 Å². The Kier molecular flexibility index (Phi) is 4.93. The zero-order valence-corrected chi connectivity index (χ0v) is 12.7. The third-order valence-electron chi connectivity index (χ3n) is 2.98. The maximum absolute atomic E-state index is 13.6. The average molecular weight is 353 g/mol. The first-order chi connectivity index (χ1) is 10.1. The van der Waals surface area contributed by atoms with Gasteiger partial charge in [-0.1, -0.05) is 18.2 Å². The minimum absolute atomic E-state index is 0.0655. The van der Waals surface area contributed by atoms with Crippen LogP contribution in [-0.4, -0.2) is 24.2 Å². The molecule has 0 aliphatic heterocycles. The molecule has 0 saturated heterocycles. The van der Waals surface area contributed by atoms with E-state index in [1.54, 1.807) is 24.3 Å². The number of para-hydroxylation sites is 2. The standard InChI is InChI=1S/C15H14BrFN2O2/c16-14-10(4-3-5-11(14)17)15(21)19(8-9-20)13-7-2-1-6-12(13)18/h1-7,20H,8-9,18H2.